The van der Waals surface area contributed by atoms with Gasteiger partial charge in [-0.15, -0.1) is 0 Å². The summed E-state index contributed by atoms with van der Waals surface area (Å²) in [6, 6.07) is 7.86. The van der Waals surface area contributed by atoms with Crippen LogP contribution >= 0.6 is 0 Å². The van der Waals surface area contributed by atoms with Gasteiger partial charge in [-0.1, -0.05) is 6.07 Å². The molecule has 0 atom stereocenters. The molecule has 5 nitrogen and oxygen atoms in total. The minimum atomic E-state index is 0.600. The Hall–Kier alpha value is -2.56. The van der Waals surface area contributed by atoms with E-state index in [9.17, 15) is 0 Å². The van der Waals surface area contributed by atoms with E-state index in [2.05, 4.69) is 20.3 Å². The minimum absolute atomic E-state index is 0.600. The van der Waals surface area contributed by atoms with Gasteiger partial charge in [0, 0.05) is 17.8 Å². The third-order valence-corrected chi connectivity index (χ3v) is 2.94. The molecule has 0 saturated carbocycles. The number of hydrogen-bond acceptors (Lipinski definition) is 4. The Balaban J connectivity index is 1.87. The summed E-state index contributed by atoms with van der Waals surface area (Å²) >= 11 is 0. The van der Waals surface area contributed by atoms with Crippen LogP contribution in [0.2, 0.25) is 0 Å². The highest BCUT2D eigenvalue weighted by Gasteiger charge is 2.08. The average Bonchev–Trinajstić information content (AvgIpc) is 2.95. The summed E-state index contributed by atoms with van der Waals surface area (Å²) < 4.78 is 5.22. The molecule has 0 amide bonds. The van der Waals surface area contributed by atoms with Gasteiger partial charge in [0.15, 0.2) is 0 Å². The topological polar surface area (TPSA) is 62.8 Å². The number of methoxy groups -OCH3 is 1. The molecule has 2 N–H and O–H groups in total. The smallest absolute Gasteiger partial charge is 0.238 e. The average molecular weight is 254 g/mol. The quantitative estimate of drug-likeness (QED) is 0.751. The maximum atomic E-state index is 5.22. The third kappa shape index (κ3) is 2.22. The van der Waals surface area contributed by atoms with Crippen molar-refractivity contribution in [1.29, 1.82) is 0 Å². The maximum Gasteiger partial charge on any atom is 0.238 e. The molecule has 0 aliphatic carbocycles. The van der Waals surface area contributed by atoms with Gasteiger partial charge < -0.3 is 15.0 Å². The zero-order valence-electron chi connectivity index (χ0n) is 10.6. The van der Waals surface area contributed by atoms with Crippen LogP contribution in [-0.2, 0) is 6.54 Å². The first-order chi connectivity index (χ1) is 9.38. The summed E-state index contributed by atoms with van der Waals surface area (Å²) in [7, 11) is 1.61. The number of aromatic amines is 1. The second-order valence-electron chi connectivity index (χ2n) is 4.12. The van der Waals surface area contributed by atoms with Crippen molar-refractivity contribution in [1.82, 2.24) is 15.0 Å². The molecule has 0 bridgehead atoms. The van der Waals surface area contributed by atoms with E-state index in [1.807, 2.05) is 30.5 Å². The van der Waals surface area contributed by atoms with Gasteiger partial charge in [-0.05, 0) is 18.2 Å². The molecule has 0 spiro atoms. The van der Waals surface area contributed by atoms with Gasteiger partial charge in [-0.3, -0.25) is 4.98 Å². The van der Waals surface area contributed by atoms with Crippen LogP contribution in [0.15, 0.2) is 42.9 Å². The van der Waals surface area contributed by atoms with Crippen molar-refractivity contribution in [2.45, 2.75) is 6.54 Å². The van der Waals surface area contributed by atoms with Crippen molar-refractivity contribution in [3.8, 4) is 5.88 Å². The summed E-state index contributed by atoms with van der Waals surface area (Å²) in [6.07, 6.45) is 5.44. The number of ether oxygens (including phenoxy) is 1. The fourth-order valence-electron chi connectivity index (χ4n) is 2.01. The molecule has 19 heavy (non-hydrogen) atoms. The monoisotopic (exact) mass is 254 g/mol. The SMILES string of the molecule is COc1ncc(NCc2ccccn2)c2cc[nH]c12. The molecule has 3 heterocycles. The number of aromatic nitrogens is 3. The Morgan fingerprint density at radius 3 is 3.00 bits per heavy atom. The van der Waals surface area contributed by atoms with Gasteiger partial charge >= 0.3 is 0 Å². The highest BCUT2D eigenvalue weighted by molar-refractivity contribution is 5.94. The molecule has 0 fully saturated rings. The number of hydrogen-bond donors (Lipinski definition) is 2. The molecular weight excluding hydrogens is 240 g/mol. The molecule has 0 aliphatic rings. The van der Waals surface area contributed by atoms with E-state index in [1.54, 1.807) is 19.5 Å². The van der Waals surface area contributed by atoms with Crippen LogP contribution < -0.4 is 10.1 Å². The first-order valence-corrected chi connectivity index (χ1v) is 6.02. The predicted octanol–water partition coefficient (Wildman–Crippen LogP) is 2.58. The van der Waals surface area contributed by atoms with Crippen LogP contribution in [0.5, 0.6) is 5.88 Å². The van der Waals surface area contributed by atoms with Crippen LogP contribution in [0.4, 0.5) is 5.69 Å². The molecule has 0 saturated heterocycles. The molecule has 3 aromatic heterocycles. The van der Waals surface area contributed by atoms with Gasteiger partial charge in [0.1, 0.15) is 5.52 Å². The zero-order chi connectivity index (χ0) is 13.1. The molecule has 3 rings (SSSR count). The lowest BCUT2D eigenvalue weighted by Gasteiger charge is -2.08. The van der Waals surface area contributed by atoms with Crippen molar-refractivity contribution in [2.75, 3.05) is 12.4 Å². The van der Waals surface area contributed by atoms with Gasteiger partial charge in [0.25, 0.3) is 0 Å². The van der Waals surface area contributed by atoms with Crippen LogP contribution in [0.25, 0.3) is 10.9 Å². The molecule has 3 aromatic rings. The molecule has 0 aromatic carbocycles. The molecule has 96 valence electrons. The Morgan fingerprint density at radius 1 is 1.26 bits per heavy atom. The van der Waals surface area contributed by atoms with E-state index >= 15 is 0 Å². The fraction of sp³-hybridized carbons (Fsp3) is 0.143. The fourth-order valence-corrected chi connectivity index (χ4v) is 2.01. The largest absolute Gasteiger partial charge is 0.479 e. The molecular formula is C14H14N4O. The number of H-pyrrole nitrogens is 1. The highest BCUT2D eigenvalue weighted by atomic mass is 16.5. The molecule has 0 unspecified atom stereocenters. The maximum absolute atomic E-state index is 5.22. The van der Waals surface area contributed by atoms with E-state index < -0.39 is 0 Å². The molecule has 5 heteroatoms. The number of nitrogens with one attached hydrogen (secondary N) is 2. The van der Waals surface area contributed by atoms with E-state index in [1.165, 1.54) is 0 Å². The Labute approximate surface area is 110 Å². The third-order valence-electron chi connectivity index (χ3n) is 2.94. The number of pyridine rings is 2. The molecule has 0 aliphatic heterocycles. The Kier molecular flexibility index (Phi) is 3.02. The van der Waals surface area contributed by atoms with Crippen molar-refractivity contribution in [2.24, 2.45) is 0 Å². The standard InChI is InChI=1S/C14H14N4O/c1-19-14-13-11(5-7-16-13)12(9-18-14)17-8-10-4-2-3-6-15-10/h2-7,9,16-17H,8H2,1H3. The molecule has 0 radical (unpaired) electrons. The second kappa shape index (κ2) is 4.97. The first-order valence-electron chi connectivity index (χ1n) is 6.02. The van der Waals surface area contributed by atoms with Crippen LogP contribution in [-0.4, -0.2) is 22.1 Å². The lowest BCUT2D eigenvalue weighted by molar-refractivity contribution is 0.402. The van der Waals surface area contributed by atoms with Crippen LogP contribution in [0.1, 0.15) is 5.69 Å². The van der Waals surface area contributed by atoms with Gasteiger partial charge in [-0.2, -0.15) is 0 Å². The van der Waals surface area contributed by atoms with Crippen molar-refractivity contribution >= 4 is 16.6 Å². The van der Waals surface area contributed by atoms with Crippen molar-refractivity contribution in [3.63, 3.8) is 0 Å². The van der Waals surface area contributed by atoms with Gasteiger partial charge in [0.2, 0.25) is 5.88 Å². The van der Waals surface area contributed by atoms with E-state index in [4.69, 9.17) is 4.74 Å². The van der Waals surface area contributed by atoms with E-state index in [0.717, 1.165) is 22.3 Å². The Morgan fingerprint density at radius 2 is 2.21 bits per heavy atom. The number of fused-ring (bicyclic) bond motifs is 1. The van der Waals surface area contributed by atoms with Crippen LogP contribution in [0.3, 0.4) is 0 Å². The summed E-state index contributed by atoms with van der Waals surface area (Å²) in [4.78, 5) is 11.7. The lowest BCUT2D eigenvalue weighted by atomic mass is 10.2. The highest BCUT2D eigenvalue weighted by Crippen LogP contribution is 2.28. The summed E-state index contributed by atoms with van der Waals surface area (Å²) in [5, 5.41) is 4.40. The van der Waals surface area contributed by atoms with Gasteiger partial charge in [-0.25, -0.2) is 4.98 Å². The summed E-state index contributed by atoms with van der Waals surface area (Å²) in [6.45, 7) is 0.662. The predicted molar refractivity (Wildman–Crippen MR) is 74.2 cm³/mol. The number of anilines is 1. The van der Waals surface area contributed by atoms with E-state index in [-0.39, 0.29) is 0 Å². The lowest BCUT2D eigenvalue weighted by Crippen LogP contribution is -2.02. The number of nitrogens with zero attached hydrogens (tertiary/aromatic N) is 2. The van der Waals surface area contributed by atoms with Gasteiger partial charge in [0.05, 0.1) is 31.2 Å². The first kappa shape index (κ1) is 11.5. The summed E-state index contributed by atoms with van der Waals surface area (Å²) in [5.74, 6) is 0.600. The van der Waals surface area contributed by atoms with Crippen LogP contribution in [0, 0.1) is 0 Å². The van der Waals surface area contributed by atoms with Crippen molar-refractivity contribution < 1.29 is 4.74 Å². The second-order valence-corrected chi connectivity index (χ2v) is 4.12. The number of rotatable bonds is 4. The van der Waals surface area contributed by atoms with E-state index in [0.29, 0.717) is 12.4 Å². The normalized spacial score (nSPS) is 10.6. The zero-order valence-corrected chi connectivity index (χ0v) is 10.6. The minimum Gasteiger partial charge on any atom is -0.479 e. The summed E-state index contributed by atoms with van der Waals surface area (Å²) in [5.41, 5.74) is 2.85. The van der Waals surface area contributed by atoms with Crippen molar-refractivity contribution in [3.05, 3.63) is 48.5 Å². The Bertz CT molecular complexity index is 678.